The van der Waals surface area contributed by atoms with Gasteiger partial charge in [0.2, 0.25) is 15.9 Å². The van der Waals surface area contributed by atoms with Crippen LogP contribution in [0.25, 0.3) is 10.8 Å². The van der Waals surface area contributed by atoms with E-state index in [-0.39, 0.29) is 5.75 Å². The summed E-state index contributed by atoms with van der Waals surface area (Å²) in [4.78, 5) is 1.63. The van der Waals surface area contributed by atoms with Crippen molar-refractivity contribution in [2.24, 2.45) is 0 Å². The van der Waals surface area contributed by atoms with Crippen LogP contribution in [0.3, 0.4) is 0 Å². The Balaban J connectivity index is 2.30. The normalized spacial score (nSPS) is 11.7. The Bertz CT molecular complexity index is 673. The van der Waals surface area contributed by atoms with Gasteiger partial charge in [-0.1, -0.05) is 6.92 Å². The maximum absolute atomic E-state index is 11.6. The molecule has 0 fully saturated rings. The first-order chi connectivity index (χ1) is 8.95. The monoisotopic (exact) mass is 301 g/mol. The standard InChI is InChI=1S/C11H15N3O3S2/c1-4-10-12-13-11(17-10)9-6-8(7(3)18-9)14-19(15,16)5-2/h6,14H,4-5H2,1-3H3. The van der Waals surface area contributed by atoms with Gasteiger partial charge in [0.15, 0.2) is 0 Å². The van der Waals surface area contributed by atoms with Crippen molar-refractivity contribution >= 4 is 27.0 Å². The van der Waals surface area contributed by atoms with E-state index in [1.54, 1.807) is 13.0 Å². The van der Waals surface area contributed by atoms with Crippen LogP contribution in [-0.2, 0) is 16.4 Å². The summed E-state index contributed by atoms with van der Waals surface area (Å²) in [7, 11) is -3.27. The number of nitrogens with zero attached hydrogens (tertiary/aromatic N) is 2. The van der Waals surface area contributed by atoms with Crippen molar-refractivity contribution in [3.05, 3.63) is 16.8 Å². The van der Waals surface area contributed by atoms with Gasteiger partial charge in [-0.15, -0.1) is 21.5 Å². The third kappa shape index (κ3) is 3.13. The van der Waals surface area contributed by atoms with Crippen LogP contribution in [0.5, 0.6) is 0 Å². The van der Waals surface area contributed by atoms with Gasteiger partial charge in [-0.05, 0) is 19.9 Å². The second kappa shape index (κ2) is 5.30. The van der Waals surface area contributed by atoms with Gasteiger partial charge in [-0.3, -0.25) is 4.72 Å². The van der Waals surface area contributed by atoms with Crippen molar-refractivity contribution in [1.29, 1.82) is 0 Å². The fraction of sp³-hybridized carbons (Fsp3) is 0.455. The molecule has 0 spiro atoms. The lowest BCUT2D eigenvalue weighted by Gasteiger charge is -2.03. The average molecular weight is 301 g/mol. The molecule has 0 radical (unpaired) electrons. The summed E-state index contributed by atoms with van der Waals surface area (Å²) in [6.07, 6.45) is 0.673. The molecule has 0 aliphatic heterocycles. The van der Waals surface area contributed by atoms with Gasteiger partial charge in [0.05, 0.1) is 16.3 Å². The van der Waals surface area contributed by atoms with Crippen LogP contribution in [0, 0.1) is 6.92 Å². The number of aromatic nitrogens is 2. The van der Waals surface area contributed by atoms with Gasteiger partial charge >= 0.3 is 0 Å². The van der Waals surface area contributed by atoms with Crippen molar-refractivity contribution in [3.63, 3.8) is 0 Å². The van der Waals surface area contributed by atoms with Gasteiger partial charge in [0.1, 0.15) is 0 Å². The van der Waals surface area contributed by atoms with Crippen LogP contribution in [-0.4, -0.2) is 24.4 Å². The van der Waals surface area contributed by atoms with Crippen molar-refractivity contribution in [2.45, 2.75) is 27.2 Å². The molecule has 0 aliphatic rings. The zero-order chi connectivity index (χ0) is 14.0. The lowest BCUT2D eigenvalue weighted by atomic mass is 10.4. The smallest absolute Gasteiger partial charge is 0.257 e. The van der Waals surface area contributed by atoms with E-state index in [0.29, 0.717) is 23.9 Å². The Morgan fingerprint density at radius 1 is 1.37 bits per heavy atom. The molecule has 104 valence electrons. The minimum Gasteiger partial charge on any atom is -0.420 e. The van der Waals surface area contributed by atoms with Gasteiger partial charge in [0.25, 0.3) is 5.89 Å². The molecule has 0 aliphatic carbocycles. The first kappa shape index (κ1) is 14.0. The number of nitrogens with one attached hydrogen (secondary N) is 1. The van der Waals surface area contributed by atoms with Gasteiger partial charge < -0.3 is 4.42 Å². The highest BCUT2D eigenvalue weighted by atomic mass is 32.2. The second-order valence-electron chi connectivity index (χ2n) is 3.94. The molecule has 0 bridgehead atoms. The molecule has 2 aromatic heterocycles. The first-order valence-corrected chi connectivity index (χ1v) is 8.35. The molecule has 0 aromatic carbocycles. The number of hydrogen-bond acceptors (Lipinski definition) is 6. The van der Waals surface area contributed by atoms with Crippen LogP contribution < -0.4 is 4.72 Å². The van der Waals surface area contributed by atoms with Crippen molar-refractivity contribution in [3.8, 4) is 10.8 Å². The van der Waals surface area contributed by atoms with E-state index in [2.05, 4.69) is 14.9 Å². The molecule has 0 unspecified atom stereocenters. The van der Waals surface area contributed by atoms with Gasteiger partial charge in [0, 0.05) is 11.3 Å². The van der Waals surface area contributed by atoms with E-state index >= 15 is 0 Å². The van der Waals surface area contributed by atoms with Crippen LogP contribution >= 0.6 is 11.3 Å². The first-order valence-electron chi connectivity index (χ1n) is 5.88. The molecule has 0 saturated heterocycles. The predicted molar refractivity (Wildman–Crippen MR) is 74.8 cm³/mol. The fourth-order valence-corrected chi connectivity index (χ4v) is 3.08. The molecule has 6 nitrogen and oxygen atoms in total. The van der Waals surface area contributed by atoms with Crippen molar-refractivity contribution in [2.75, 3.05) is 10.5 Å². The number of anilines is 1. The zero-order valence-corrected chi connectivity index (χ0v) is 12.6. The Morgan fingerprint density at radius 3 is 2.68 bits per heavy atom. The highest BCUT2D eigenvalue weighted by Crippen LogP contribution is 2.34. The van der Waals surface area contributed by atoms with Gasteiger partial charge in [-0.25, -0.2) is 8.42 Å². The van der Waals surface area contributed by atoms with Crippen LogP contribution in [0.1, 0.15) is 24.6 Å². The third-order valence-electron chi connectivity index (χ3n) is 2.54. The zero-order valence-electron chi connectivity index (χ0n) is 10.9. The molecule has 8 heteroatoms. The van der Waals surface area contributed by atoms with E-state index in [4.69, 9.17) is 4.42 Å². The van der Waals surface area contributed by atoms with E-state index in [9.17, 15) is 8.42 Å². The quantitative estimate of drug-likeness (QED) is 0.916. The minimum absolute atomic E-state index is 0.0398. The lowest BCUT2D eigenvalue weighted by molar-refractivity contribution is 0.514. The van der Waals surface area contributed by atoms with Crippen molar-refractivity contribution in [1.82, 2.24) is 10.2 Å². The molecular weight excluding hydrogens is 286 g/mol. The molecule has 2 rings (SSSR count). The second-order valence-corrected chi connectivity index (χ2v) is 7.21. The summed E-state index contributed by atoms with van der Waals surface area (Å²) in [6.45, 7) is 5.37. The van der Waals surface area contributed by atoms with E-state index in [1.165, 1.54) is 11.3 Å². The van der Waals surface area contributed by atoms with Crippen LogP contribution in [0.15, 0.2) is 10.5 Å². The van der Waals surface area contributed by atoms with Crippen molar-refractivity contribution < 1.29 is 12.8 Å². The maximum atomic E-state index is 11.6. The van der Waals surface area contributed by atoms with E-state index in [0.717, 1.165) is 9.75 Å². The topological polar surface area (TPSA) is 85.1 Å². The molecule has 1 N–H and O–H groups in total. The molecule has 0 atom stereocenters. The fourth-order valence-electron chi connectivity index (χ4n) is 1.42. The number of rotatable bonds is 5. The van der Waals surface area contributed by atoms with E-state index in [1.807, 2.05) is 13.8 Å². The molecule has 0 saturated carbocycles. The van der Waals surface area contributed by atoms with Crippen LogP contribution in [0.2, 0.25) is 0 Å². The number of thiophene rings is 1. The maximum Gasteiger partial charge on any atom is 0.257 e. The Kier molecular flexibility index (Phi) is 3.91. The average Bonchev–Trinajstić information content (AvgIpc) is 2.96. The molecular formula is C11H15N3O3S2. The summed E-state index contributed by atoms with van der Waals surface area (Å²) < 4.78 is 31.1. The molecule has 0 amide bonds. The Labute approximate surface area is 115 Å². The Hall–Kier alpha value is -1.41. The lowest BCUT2D eigenvalue weighted by Crippen LogP contribution is -2.14. The van der Waals surface area contributed by atoms with Gasteiger partial charge in [-0.2, -0.15) is 0 Å². The predicted octanol–water partition coefficient (Wildman–Crippen LogP) is 2.43. The largest absolute Gasteiger partial charge is 0.420 e. The molecule has 19 heavy (non-hydrogen) atoms. The highest BCUT2D eigenvalue weighted by molar-refractivity contribution is 7.92. The van der Waals surface area contributed by atoms with E-state index < -0.39 is 10.0 Å². The molecule has 2 aromatic rings. The molecule has 2 heterocycles. The number of aryl methyl sites for hydroxylation is 2. The highest BCUT2D eigenvalue weighted by Gasteiger charge is 2.16. The third-order valence-corrected chi connectivity index (χ3v) is 4.87. The SMILES string of the molecule is CCc1nnc(-c2cc(NS(=O)(=O)CC)c(C)s2)o1. The number of sulfonamides is 1. The summed E-state index contributed by atoms with van der Waals surface area (Å²) in [6, 6.07) is 1.72. The minimum atomic E-state index is -3.27. The summed E-state index contributed by atoms with van der Waals surface area (Å²) >= 11 is 1.42. The Morgan fingerprint density at radius 2 is 2.11 bits per heavy atom. The summed E-state index contributed by atoms with van der Waals surface area (Å²) in [5.41, 5.74) is 0.568. The van der Waals surface area contributed by atoms with Crippen LogP contribution in [0.4, 0.5) is 5.69 Å². The number of hydrogen-bond donors (Lipinski definition) is 1. The summed E-state index contributed by atoms with van der Waals surface area (Å²) in [5, 5.41) is 7.84. The summed E-state index contributed by atoms with van der Waals surface area (Å²) in [5.74, 6) is 1.03.